The fourth-order valence-corrected chi connectivity index (χ4v) is 3.50. The van der Waals surface area contributed by atoms with E-state index >= 15 is 0 Å². The number of carbonyl (C=O) groups is 1. The lowest BCUT2D eigenvalue weighted by atomic mass is 9.98. The second-order valence-corrected chi connectivity index (χ2v) is 7.03. The van der Waals surface area contributed by atoms with E-state index in [0.717, 1.165) is 50.0 Å². The normalized spacial score (nSPS) is 11.9. The molecule has 1 amide bonds. The summed E-state index contributed by atoms with van der Waals surface area (Å²) < 4.78 is 11.6. The Bertz CT molecular complexity index is 1210. The van der Waals surface area contributed by atoms with Crippen LogP contribution in [0, 0.1) is 13.8 Å². The molecule has 0 saturated heterocycles. The number of benzene rings is 2. The number of hydrogen-bond donors (Lipinski definition) is 2. The fourth-order valence-electron chi connectivity index (χ4n) is 3.50. The van der Waals surface area contributed by atoms with Crippen molar-refractivity contribution in [1.29, 1.82) is 0 Å². The third-order valence-corrected chi connectivity index (χ3v) is 4.93. The number of fused-ring (bicyclic) bond motifs is 2. The molecule has 6 nitrogen and oxygen atoms in total. The van der Waals surface area contributed by atoms with Crippen molar-refractivity contribution in [3.05, 3.63) is 59.4 Å². The number of furan rings is 1. The highest BCUT2D eigenvalue weighted by Crippen LogP contribution is 2.37. The molecule has 2 aromatic carbocycles. The SMILES string of the molecule is CCOc1c(/C(C)=C/C(=O)Nc2nc3ccccc3[nH]2)cc2c(C)coc2c1C. The second kappa shape index (κ2) is 7.47. The third kappa shape index (κ3) is 3.49. The number of H-pyrrole nitrogens is 1. The predicted octanol–water partition coefficient (Wildman–Crippen LogP) is 5.37. The molecule has 6 heteroatoms. The summed E-state index contributed by atoms with van der Waals surface area (Å²) in [4.78, 5) is 20.1. The Kier molecular flexibility index (Phi) is 4.84. The average Bonchev–Trinajstić information content (AvgIpc) is 3.26. The van der Waals surface area contributed by atoms with Gasteiger partial charge >= 0.3 is 0 Å². The topological polar surface area (TPSA) is 80.1 Å². The Hall–Kier alpha value is -3.54. The van der Waals surface area contributed by atoms with Gasteiger partial charge in [0.1, 0.15) is 11.3 Å². The zero-order valence-corrected chi connectivity index (χ0v) is 16.9. The average molecular weight is 389 g/mol. The summed E-state index contributed by atoms with van der Waals surface area (Å²) in [7, 11) is 0. The molecule has 0 unspecified atom stereocenters. The molecule has 0 aliphatic heterocycles. The molecule has 0 fully saturated rings. The van der Waals surface area contributed by atoms with Gasteiger partial charge < -0.3 is 14.1 Å². The lowest BCUT2D eigenvalue weighted by Crippen LogP contribution is -2.10. The van der Waals surface area contributed by atoms with E-state index in [1.165, 1.54) is 0 Å². The molecule has 0 atom stereocenters. The van der Waals surface area contributed by atoms with Crippen molar-refractivity contribution in [2.75, 3.05) is 11.9 Å². The van der Waals surface area contributed by atoms with E-state index in [1.54, 1.807) is 12.3 Å². The maximum absolute atomic E-state index is 12.6. The predicted molar refractivity (Wildman–Crippen MR) is 115 cm³/mol. The van der Waals surface area contributed by atoms with E-state index in [2.05, 4.69) is 15.3 Å². The molecule has 2 heterocycles. The van der Waals surface area contributed by atoms with Crippen LogP contribution in [0.2, 0.25) is 0 Å². The van der Waals surface area contributed by atoms with Gasteiger partial charge in [-0.15, -0.1) is 0 Å². The highest BCUT2D eigenvalue weighted by molar-refractivity contribution is 6.04. The smallest absolute Gasteiger partial charge is 0.250 e. The highest BCUT2D eigenvalue weighted by Gasteiger charge is 2.17. The van der Waals surface area contributed by atoms with Gasteiger partial charge in [0, 0.05) is 22.6 Å². The van der Waals surface area contributed by atoms with Crippen molar-refractivity contribution in [2.24, 2.45) is 0 Å². The molecule has 0 aliphatic carbocycles. The molecule has 0 saturated carbocycles. The first-order valence-corrected chi connectivity index (χ1v) is 9.56. The summed E-state index contributed by atoms with van der Waals surface area (Å²) in [5.74, 6) is 0.896. The van der Waals surface area contributed by atoms with Crippen molar-refractivity contribution in [2.45, 2.75) is 27.7 Å². The molecule has 0 aliphatic rings. The van der Waals surface area contributed by atoms with Crippen LogP contribution in [0.3, 0.4) is 0 Å². The van der Waals surface area contributed by atoms with E-state index in [-0.39, 0.29) is 5.91 Å². The number of ether oxygens (including phenoxy) is 1. The first-order chi connectivity index (χ1) is 14.0. The lowest BCUT2D eigenvalue weighted by Gasteiger charge is -2.14. The van der Waals surface area contributed by atoms with Gasteiger partial charge in [-0.3, -0.25) is 10.1 Å². The third-order valence-electron chi connectivity index (χ3n) is 4.93. The van der Waals surface area contributed by atoms with E-state index in [4.69, 9.17) is 9.15 Å². The fraction of sp³-hybridized carbons (Fsp3) is 0.217. The minimum absolute atomic E-state index is 0.259. The molecular formula is C23H23N3O3. The Morgan fingerprint density at radius 3 is 2.86 bits per heavy atom. The van der Waals surface area contributed by atoms with Gasteiger partial charge in [-0.1, -0.05) is 12.1 Å². The van der Waals surface area contributed by atoms with Crippen LogP contribution in [0.1, 0.15) is 30.5 Å². The summed E-state index contributed by atoms with van der Waals surface area (Å²) in [5, 5.41) is 3.82. The summed E-state index contributed by atoms with van der Waals surface area (Å²) in [6, 6.07) is 9.65. The van der Waals surface area contributed by atoms with Crippen LogP contribution in [-0.4, -0.2) is 22.5 Å². The molecular weight excluding hydrogens is 366 g/mol. The van der Waals surface area contributed by atoms with Crippen molar-refractivity contribution >= 4 is 39.4 Å². The van der Waals surface area contributed by atoms with Crippen LogP contribution in [-0.2, 0) is 4.79 Å². The molecule has 4 aromatic rings. The summed E-state index contributed by atoms with van der Waals surface area (Å²) in [6.45, 7) is 8.34. The van der Waals surface area contributed by atoms with Gasteiger partial charge in [-0.25, -0.2) is 4.98 Å². The number of nitrogens with zero attached hydrogens (tertiary/aromatic N) is 1. The molecule has 0 radical (unpaired) electrons. The first kappa shape index (κ1) is 18.8. The number of carbonyl (C=O) groups excluding carboxylic acids is 1. The largest absolute Gasteiger partial charge is 0.493 e. The van der Waals surface area contributed by atoms with E-state index < -0.39 is 0 Å². The van der Waals surface area contributed by atoms with Crippen LogP contribution in [0.15, 0.2) is 47.1 Å². The van der Waals surface area contributed by atoms with E-state index in [1.807, 2.05) is 58.0 Å². The van der Waals surface area contributed by atoms with Crippen molar-refractivity contribution < 1.29 is 13.9 Å². The summed E-state index contributed by atoms with van der Waals surface area (Å²) in [6.07, 6.45) is 3.30. The zero-order valence-electron chi connectivity index (χ0n) is 16.9. The molecule has 29 heavy (non-hydrogen) atoms. The maximum atomic E-state index is 12.6. The molecule has 4 rings (SSSR count). The van der Waals surface area contributed by atoms with Gasteiger partial charge in [-0.2, -0.15) is 0 Å². The van der Waals surface area contributed by atoms with Crippen LogP contribution >= 0.6 is 0 Å². The Morgan fingerprint density at radius 2 is 2.10 bits per heavy atom. The standard InChI is InChI=1S/C23H23N3O3/c1-5-28-21-15(4)22-17(14(3)12-29-22)11-16(21)13(2)10-20(27)26-23-24-18-8-6-7-9-19(18)25-23/h6-12H,5H2,1-4H3,(H2,24,25,26,27)/b13-10+. The number of imidazole rings is 1. The maximum Gasteiger partial charge on any atom is 0.250 e. The molecule has 2 aromatic heterocycles. The number of aromatic amines is 1. The Labute approximate surface area is 168 Å². The number of para-hydroxylation sites is 2. The van der Waals surface area contributed by atoms with Crippen LogP contribution < -0.4 is 10.1 Å². The molecule has 148 valence electrons. The van der Waals surface area contributed by atoms with E-state index in [0.29, 0.717) is 12.6 Å². The number of amides is 1. The van der Waals surface area contributed by atoms with Crippen molar-refractivity contribution in [3.63, 3.8) is 0 Å². The Balaban J connectivity index is 1.68. The van der Waals surface area contributed by atoms with Crippen molar-refractivity contribution in [1.82, 2.24) is 9.97 Å². The zero-order chi connectivity index (χ0) is 20.5. The summed E-state index contributed by atoms with van der Waals surface area (Å²) in [5.41, 5.74) is 6.14. The number of nitrogens with one attached hydrogen (secondary N) is 2. The quantitative estimate of drug-likeness (QED) is 0.450. The number of allylic oxidation sites excluding steroid dienone is 1. The van der Waals surface area contributed by atoms with Gasteiger partial charge in [0.05, 0.1) is 23.9 Å². The van der Waals surface area contributed by atoms with Gasteiger partial charge in [0.25, 0.3) is 5.91 Å². The Morgan fingerprint density at radius 1 is 1.31 bits per heavy atom. The lowest BCUT2D eigenvalue weighted by molar-refractivity contribution is -0.111. The minimum Gasteiger partial charge on any atom is -0.493 e. The van der Waals surface area contributed by atoms with Crippen LogP contribution in [0.25, 0.3) is 27.6 Å². The monoisotopic (exact) mass is 389 g/mol. The molecule has 2 N–H and O–H groups in total. The minimum atomic E-state index is -0.259. The van der Waals surface area contributed by atoms with Crippen LogP contribution in [0.4, 0.5) is 5.95 Å². The first-order valence-electron chi connectivity index (χ1n) is 9.56. The van der Waals surface area contributed by atoms with Gasteiger partial charge in [0.2, 0.25) is 5.95 Å². The number of rotatable bonds is 5. The highest BCUT2D eigenvalue weighted by atomic mass is 16.5. The van der Waals surface area contributed by atoms with Crippen LogP contribution in [0.5, 0.6) is 5.75 Å². The molecule has 0 bridgehead atoms. The summed E-state index contributed by atoms with van der Waals surface area (Å²) >= 11 is 0. The number of hydrogen-bond acceptors (Lipinski definition) is 4. The van der Waals surface area contributed by atoms with Crippen molar-refractivity contribution in [3.8, 4) is 5.75 Å². The van der Waals surface area contributed by atoms with Gasteiger partial charge in [0.15, 0.2) is 0 Å². The molecule has 0 spiro atoms. The number of anilines is 1. The second-order valence-electron chi connectivity index (χ2n) is 7.03. The number of aromatic nitrogens is 2. The van der Waals surface area contributed by atoms with Gasteiger partial charge in [-0.05, 0) is 57.0 Å². The number of aryl methyl sites for hydroxylation is 2. The van der Waals surface area contributed by atoms with E-state index in [9.17, 15) is 4.79 Å².